The molecule has 1 saturated heterocycles. The molecule has 1 unspecified atom stereocenters. The number of anilines is 1. The zero-order chi connectivity index (χ0) is 15.1. The van der Waals surface area contributed by atoms with E-state index in [-0.39, 0.29) is 0 Å². The first-order valence-electron chi connectivity index (χ1n) is 8.59. The summed E-state index contributed by atoms with van der Waals surface area (Å²) in [6.07, 6.45) is 7.27. The van der Waals surface area contributed by atoms with Gasteiger partial charge in [0.25, 0.3) is 0 Å². The zero-order valence-electron chi connectivity index (χ0n) is 13.9. The molecule has 21 heavy (non-hydrogen) atoms. The summed E-state index contributed by atoms with van der Waals surface area (Å²) in [7, 11) is 0. The highest BCUT2D eigenvalue weighted by Crippen LogP contribution is 2.23. The molecule has 2 heterocycles. The van der Waals surface area contributed by atoms with Crippen molar-refractivity contribution in [2.24, 2.45) is 11.8 Å². The lowest BCUT2D eigenvalue weighted by atomic mass is 9.98. The van der Waals surface area contributed by atoms with Gasteiger partial charge in [-0.15, -0.1) is 0 Å². The first-order chi connectivity index (χ1) is 10.2. The van der Waals surface area contributed by atoms with Crippen LogP contribution in [-0.4, -0.2) is 24.6 Å². The predicted octanol–water partition coefficient (Wildman–Crippen LogP) is 3.84. The summed E-state index contributed by atoms with van der Waals surface area (Å²) in [6.45, 7) is 11.1. The van der Waals surface area contributed by atoms with Crippen LogP contribution in [0.2, 0.25) is 0 Å². The lowest BCUT2D eigenvalue weighted by molar-refractivity contribution is 0.459. The van der Waals surface area contributed by atoms with E-state index in [1.165, 1.54) is 31.2 Å². The molecule has 0 aromatic carbocycles. The van der Waals surface area contributed by atoms with E-state index in [0.717, 1.165) is 37.9 Å². The third-order valence-corrected chi connectivity index (χ3v) is 4.44. The second kappa shape index (κ2) is 8.38. The van der Waals surface area contributed by atoms with Gasteiger partial charge in [-0.3, -0.25) is 0 Å². The highest BCUT2D eigenvalue weighted by molar-refractivity contribution is 5.41. The summed E-state index contributed by atoms with van der Waals surface area (Å²) in [5.74, 6) is 2.77. The quantitative estimate of drug-likeness (QED) is 0.862. The molecule has 1 atom stereocenters. The van der Waals surface area contributed by atoms with E-state index in [2.05, 4.69) is 48.1 Å². The van der Waals surface area contributed by atoms with E-state index >= 15 is 0 Å². The molecule has 0 spiro atoms. The Hall–Kier alpha value is -1.09. The SMILES string of the molecule is CCC1CCCN(c2cc(CNCC(C)C)ccn2)CC1. The van der Waals surface area contributed by atoms with E-state index in [1.807, 2.05) is 6.20 Å². The molecule has 3 heteroatoms. The van der Waals surface area contributed by atoms with Gasteiger partial charge >= 0.3 is 0 Å². The van der Waals surface area contributed by atoms with Crippen LogP contribution in [0.1, 0.15) is 52.0 Å². The van der Waals surface area contributed by atoms with Crippen molar-refractivity contribution >= 4 is 5.82 Å². The summed E-state index contributed by atoms with van der Waals surface area (Å²) in [4.78, 5) is 7.07. The molecular formula is C18H31N3. The van der Waals surface area contributed by atoms with E-state index in [9.17, 15) is 0 Å². The van der Waals surface area contributed by atoms with Crippen LogP contribution in [0, 0.1) is 11.8 Å². The van der Waals surface area contributed by atoms with Gasteiger partial charge in [-0.1, -0.05) is 27.2 Å². The molecule has 1 aliphatic heterocycles. The third-order valence-electron chi connectivity index (χ3n) is 4.44. The average molecular weight is 289 g/mol. The van der Waals surface area contributed by atoms with Gasteiger partial charge < -0.3 is 10.2 Å². The monoisotopic (exact) mass is 289 g/mol. The molecule has 0 bridgehead atoms. The molecule has 3 nitrogen and oxygen atoms in total. The Morgan fingerprint density at radius 2 is 2.19 bits per heavy atom. The van der Waals surface area contributed by atoms with Crippen molar-refractivity contribution < 1.29 is 0 Å². The van der Waals surface area contributed by atoms with Gasteiger partial charge in [0, 0.05) is 25.8 Å². The number of rotatable bonds is 6. The molecule has 1 fully saturated rings. The fraction of sp³-hybridized carbons (Fsp3) is 0.722. The first-order valence-corrected chi connectivity index (χ1v) is 8.59. The molecule has 2 rings (SSSR count). The Balaban J connectivity index is 1.93. The van der Waals surface area contributed by atoms with Crippen LogP contribution in [0.4, 0.5) is 5.82 Å². The second-order valence-corrected chi connectivity index (χ2v) is 6.74. The normalized spacial score (nSPS) is 19.8. The smallest absolute Gasteiger partial charge is 0.128 e. The first kappa shape index (κ1) is 16.3. The second-order valence-electron chi connectivity index (χ2n) is 6.74. The van der Waals surface area contributed by atoms with Crippen molar-refractivity contribution in [1.29, 1.82) is 0 Å². The van der Waals surface area contributed by atoms with Gasteiger partial charge in [0.1, 0.15) is 5.82 Å². The molecule has 118 valence electrons. The van der Waals surface area contributed by atoms with Crippen LogP contribution >= 0.6 is 0 Å². The topological polar surface area (TPSA) is 28.2 Å². The van der Waals surface area contributed by atoms with Crippen LogP contribution < -0.4 is 10.2 Å². The molecule has 0 amide bonds. The van der Waals surface area contributed by atoms with E-state index < -0.39 is 0 Å². The van der Waals surface area contributed by atoms with Crippen molar-refractivity contribution in [3.05, 3.63) is 23.9 Å². The fourth-order valence-electron chi connectivity index (χ4n) is 3.05. The molecule has 1 aliphatic rings. The number of pyridine rings is 1. The predicted molar refractivity (Wildman–Crippen MR) is 90.6 cm³/mol. The maximum atomic E-state index is 4.60. The Morgan fingerprint density at radius 1 is 1.33 bits per heavy atom. The minimum absolute atomic E-state index is 0.697. The largest absolute Gasteiger partial charge is 0.357 e. The Morgan fingerprint density at radius 3 is 2.95 bits per heavy atom. The van der Waals surface area contributed by atoms with Crippen LogP contribution in [0.3, 0.4) is 0 Å². The van der Waals surface area contributed by atoms with E-state index in [0.29, 0.717) is 5.92 Å². The lowest BCUT2D eigenvalue weighted by Crippen LogP contribution is -2.25. The minimum atomic E-state index is 0.697. The summed E-state index contributed by atoms with van der Waals surface area (Å²) < 4.78 is 0. The van der Waals surface area contributed by atoms with E-state index in [4.69, 9.17) is 0 Å². The van der Waals surface area contributed by atoms with Crippen molar-refractivity contribution in [3.8, 4) is 0 Å². The van der Waals surface area contributed by atoms with Crippen LogP contribution in [-0.2, 0) is 6.54 Å². The summed E-state index contributed by atoms with van der Waals surface area (Å²) >= 11 is 0. The Bertz CT molecular complexity index is 417. The maximum Gasteiger partial charge on any atom is 0.128 e. The lowest BCUT2D eigenvalue weighted by Gasteiger charge is -2.22. The zero-order valence-corrected chi connectivity index (χ0v) is 13.9. The average Bonchev–Trinajstić information content (AvgIpc) is 2.72. The van der Waals surface area contributed by atoms with Crippen molar-refractivity contribution in [1.82, 2.24) is 10.3 Å². The number of aromatic nitrogens is 1. The van der Waals surface area contributed by atoms with Crippen LogP contribution in [0.25, 0.3) is 0 Å². The highest BCUT2D eigenvalue weighted by Gasteiger charge is 2.16. The van der Waals surface area contributed by atoms with Gasteiger partial charge in [0.15, 0.2) is 0 Å². The van der Waals surface area contributed by atoms with Gasteiger partial charge in [0.05, 0.1) is 0 Å². The van der Waals surface area contributed by atoms with Gasteiger partial charge in [-0.25, -0.2) is 4.98 Å². The molecule has 0 radical (unpaired) electrons. The molecule has 1 N–H and O–H groups in total. The van der Waals surface area contributed by atoms with Crippen molar-refractivity contribution in [2.75, 3.05) is 24.5 Å². The Kier molecular flexibility index (Phi) is 6.50. The van der Waals surface area contributed by atoms with Gasteiger partial charge in [-0.05, 0) is 55.3 Å². The summed E-state index contributed by atoms with van der Waals surface area (Å²) in [5.41, 5.74) is 1.34. The molecule has 1 aromatic heterocycles. The molecule has 0 aliphatic carbocycles. The molecule has 1 aromatic rings. The summed E-state index contributed by atoms with van der Waals surface area (Å²) in [6, 6.07) is 4.39. The number of hydrogen-bond acceptors (Lipinski definition) is 3. The highest BCUT2D eigenvalue weighted by atomic mass is 15.2. The minimum Gasteiger partial charge on any atom is -0.357 e. The van der Waals surface area contributed by atoms with Gasteiger partial charge in [-0.2, -0.15) is 0 Å². The van der Waals surface area contributed by atoms with Crippen molar-refractivity contribution in [2.45, 2.75) is 53.0 Å². The van der Waals surface area contributed by atoms with E-state index in [1.54, 1.807) is 0 Å². The number of nitrogens with zero attached hydrogens (tertiary/aromatic N) is 2. The maximum absolute atomic E-state index is 4.60. The standard InChI is InChI=1S/C18H31N3/c1-4-16-6-5-10-21(11-8-16)18-12-17(7-9-20-18)14-19-13-15(2)3/h7,9,12,15-16,19H,4-6,8,10-11,13-14H2,1-3H3. The van der Waals surface area contributed by atoms with Crippen molar-refractivity contribution in [3.63, 3.8) is 0 Å². The number of hydrogen-bond donors (Lipinski definition) is 1. The Labute approximate surface area is 130 Å². The summed E-state index contributed by atoms with van der Waals surface area (Å²) in [5, 5.41) is 3.51. The molecular weight excluding hydrogens is 258 g/mol. The van der Waals surface area contributed by atoms with Gasteiger partial charge in [0.2, 0.25) is 0 Å². The third kappa shape index (κ3) is 5.31. The molecule has 0 saturated carbocycles. The number of nitrogens with one attached hydrogen (secondary N) is 1. The van der Waals surface area contributed by atoms with Crippen LogP contribution in [0.15, 0.2) is 18.3 Å². The van der Waals surface area contributed by atoms with Crippen LogP contribution in [0.5, 0.6) is 0 Å². The fourth-order valence-corrected chi connectivity index (χ4v) is 3.05.